The quantitative estimate of drug-likeness (QED) is 0.657. The standard InChI is InChI=1S/C11H13Cl2N5/c1-16-9(10(14)17-2)11(15)18-6-3-4-7(12)8(13)5-6/h3-5H,1-2H3,(H2,14,17)(H2,15,18). The molecule has 96 valence electrons. The van der Waals surface area contributed by atoms with Crippen LogP contribution in [0, 0.1) is 0 Å². The molecule has 0 aliphatic carbocycles. The third kappa shape index (κ3) is 3.45. The Morgan fingerprint density at radius 1 is 1.00 bits per heavy atom. The summed E-state index contributed by atoms with van der Waals surface area (Å²) < 4.78 is 0. The zero-order chi connectivity index (χ0) is 13.7. The van der Waals surface area contributed by atoms with E-state index in [-0.39, 0.29) is 11.7 Å². The van der Waals surface area contributed by atoms with Gasteiger partial charge in [-0.15, -0.1) is 0 Å². The minimum atomic E-state index is 0.166. The van der Waals surface area contributed by atoms with Crippen molar-refractivity contribution in [3.05, 3.63) is 28.2 Å². The molecule has 0 atom stereocenters. The van der Waals surface area contributed by atoms with Gasteiger partial charge in [-0.1, -0.05) is 23.2 Å². The summed E-state index contributed by atoms with van der Waals surface area (Å²) in [6, 6.07) is 4.92. The lowest BCUT2D eigenvalue weighted by atomic mass is 10.3. The summed E-state index contributed by atoms with van der Waals surface area (Å²) in [7, 11) is 3.11. The lowest BCUT2D eigenvalue weighted by Gasteiger charge is -2.04. The lowest BCUT2D eigenvalue weighted by molar-refractivity contribution is 1.39. The van der Waals surface area contributed by atoms with E-state index in [1.54, 1.807) is 32.3 Å². The van der Waals surface area contributed by atoms with Gasteiger partial charge in [0.1, 0.15) is 11.5 Å². The molecule has 5 nitrogen and oxygen atoms in total. The summed E-state index contributed by atoms with van der Waals surface area (Å²) in [6.07, 6.45) is 0. The predicted octanol–water partition coefficient (Wildman–Crippen LogP) is 2.04. The number of rotatable bonds is 3. The molecular weight excluding hydrogens is 273 g/mol. The number of hydrogen-bond donors (Lipinski definition) is 2. The van der Waals surface area contributed by atoms with Gasteiger partial charge in [0.15, 0.2) is 5.84 Å². The van der Waals surface area contributed by atoms with Crippen LogP contribution >= 0.6 is 23.2 Å². The van der Waals surface area contributed by atoms with Crippen LogP contribution in [0.1, 0.15) is 0 Å². The number of hydrogen-bond acceptors (Lipinski definition) is 3. The minimum Gasteiger partial charge on any atom is -0.382 e. The van der Waals surface area contributed by atoms with E-state index in [1.165, 1.54) is 0 Å². The number of amidine groups is 2. The Hall–Kier alpha value is -1.59. The summed E-state index contributed by atoms with van der Waals surface area (Å²) in [6.45, 7) is 0. The Morgan fingerprint density at radius 3 is 2.17 bits per heavy atom. The molecule has 1 aromatic rings. The second-order valence-corrected chi connectivity index (χ2v) is 4.09. The fourth-order valence-corrected chi connectivity index (χ4v) is 1.51. The van der Waals surface area contributed by atoms with Gasteiger partial charge in [-0.25, -0.2) is 4.99 Å². The van der Waals surface area contributed by atoms with E-state index in [9.17, 15) is 0 Å². The number of aliphatic imine (C=N–C) groups is 3. The van der Waals surface area contributed by atoms with Crippen LogP contribution in [-0.4, -0.2) is 31.5 Å². The Balaban J connectivity index is 3.12. The molecule has 1 rings (SSSR count). The van der Waals surface area contributed by atoms with E-state index in [4.69, 9.17) is 34.7 Å². The summed E-state index contributed by atoms with van der Waals surface area (Å²) >= 11 is 11.7. The van der Waals surface area contributed by atoms with Crippen LogP contribution in [0.15, 0.2) is 33.2 Å². The molecular formula is C11H13Cl2N5. The van der Waals surface area contributed by atoms with E-state index >= 15 is 0 Å². The van der Waals surface area contributed by atoms with Gasteiger partial charge in [0.05, 0.1) is 15.7 Å². The van der Waals surface area contributed by atoms with Crippen LogP contribution in [0.2, 0.25) is 10.0 Å². The van der Waals surface area contributed by atoms with Crippen molar-refractivity contribution in [2.24, 2.45) is 26.4 Å². The Bertz CT molecular complexity index is 534. The topological polar surface area (TPSA) is 89.1 Å². The van der Waals surface area contributed by atoms with Crippen LogP contribution in [0.3, 0.4) is 0 Å². The van der Waals surface area contributed by atoms with Gasteiger partial charge < -0.3 is 11.5 Å². The first-order valence-electron chi connectivity index (χ1n) is 4.98. The Labute approximate surface area is 115 Å². The monoisotopic (exact) mass is 285 g/mol. The Morgan fingerprint density at radius 2 is 1.67 bits per heavy atom. The highest BCUT2D eigenvalue weighted by Gasteiger charge is 2.09. The Kier molecular flexibility index (Phi) is 5.12. The molecule has 0 unspecified atom stereocenters. The maximum atomic E-state index is 5.88. The number of nitrogens with two attached hydrogens (primary N) is 2. The number of halogens is 2. The van der Waals surface area contributed by atoms with Gasteiger partial charge in [-0.3, -0.25) is 9.98 Å². The molecule has 0 aromatic heterocycles. The number of nitrogens with zero attached hydrogens (tertiary/aromatic N) is 3. The van der Waals surface area contributed by atoms with Gasteiger partial charge in [0.25, 0.3) is 0 Å². The third-order valence-electron chi connectivity index (χ3n) is 2.10. The van der Waals surface area contributed by atoms with Crippen LogP contribution in [-0.2, 0) is 0 Å². The molecule has 0 amide bonds. The fraction of sp³-hybridized carbons (Fsp3) is 0.182. The van der Waals surface area contributed by atoms with E-state index in [0.717, 1.165) is 0 Å². The van der Waals surface area contributed by atoms with Gasteiger partial charge >= 0.3 is 0 Å². The van der Waals surface area contributed by atoms with Crippen LogP contribution in [0.4, 0.5) is 5.69 Å². The van der Waals surface area contributed by atoms with Crippen molar-refractivity contribution in [3.8, 4) is 0 Å². The summed E-state index contributed by atoms with van der Waals surface area (Å²) in [5.41, 5.74) is 12.4. The van der Waals surface area contributed by atoms with Crippen molar-refractivity contribution in [1.29, 1.82) is 0 Å². The molecule has 0 saturated carbocycles. The fourth-order valence-electron chi connectivity index (χ4n) is 1.21. The number of benzene rings is 1. The molecule has 7 heteroatoms. The van der Waals surface area contributed by atoms with Crippen LogP contribution in [0.25, 0.3) is 0 Å². The normalized spacial score (nSPS) is 13.9. The maximum Gasteiger partial charge on any atom is 0.153 e. The van der Waals surface area contributed by atoms with Crippen molar-refractivity contribution in [2.45, 2.75) is 0 Å². The molecule has 18 heavy (non-hydrogen) atoms. The van der Waals surface area contributed by atoms with Gasteiger partial charge in [-0.2, -0.15) is 0 Å². The second-order valence-electron chi connectivity index (χ2n) is 3.28. The van der Waals surface area contributed by atoms with Crippen molar-refractivity contribution in [2.75, 3.05) is 14.1 Å². The largest absolute Gasteiger partial charge is 0.382 e. The van der Waals surface area contributed by atoms with E-state index < -0.39 is 0 Å². The first-order valence-corrected chi connectivity index (χ1v) is 5.74. The average molecular weight is 286 g/mol. The van der Waals surface area contributed by atoms with Crippen molar-refractivity contribution in [3.63, 3.8) is 0 Å². The van der Waals surface area contributed by atoms with Crippen LogP contribution in [0.5, 0.6) is 0 Å². The van der Waals surface area contributed by atoms with E-state index in [2.05, 4.69) is 15.0 Å². The van der Waals surface area contributed by atoms with Gasteiger partial charge in [-0.05, 0) is 18.2 Å². The molecule has 0 bridgehead atoms. The van der Waals surface area contributed by atoms with Crippen molar-refractivity contribution in [1.82, 2.24) is 0 Å². The predicted molar refractivity (Wildman–Crippen MR) is 78.6 cm³/mol. The molecule has 0 aliphatic rings. The second kappa shape index (κ2) is 6.37. The summed E-state index contributed by atoms with van der Waals surface area (Å²) in [5.74, 6) is 0.387. The SMILES string of the molecule is CN=C(N)C(=NC)C(N)=Nc1ccc(Cl)c(Cl)c1. The minimum absolute atomic E-state index is 0.166. The highest BCUT2D eigenvalue weighted by Crippen LogP contribution is 2.26. The summed E-state index contributed by atoms with van der Waals surface area (Å²) in [5, 5.41) is 0.853. The molecule has 0 aliphatic heterocycles. The zero-order valence-corrected chi connectivity index (χ0v) is 11.5. The van der Waals surface area contributed by atoms with E-state index in [0.29, 0.717) is 21.4 Å². The molecule has 4 N–H and O–H groups in total. The van der Waals surface area contributed by atoms with Gasteiger partial charge in [0, 0.05) is 14.1 Å². The molecule has 0 spiro atoms. The molecule has 0 fully saturated rings. The average Bonchev–Trinajstić information content (AvgIpc) is 2.34. The molecule has 0 saturated heterocycles. The molecule has 0 heterocycles. The molecule has 0 radical (unpaired) electrons. The highest BCUT2D eigenvalue weighted by atomic mass is 35.5. The zero-order valence-electron chi connectivity index (χ0n) is 9.98. The highest BCUT2D eigenvalue weighted by molar-refractivity contribution is 6.67. The lowest BCUT2D eigenvalue weighted by Crippen LogP contribution is -2.35. The smallest absolute Gasteiger partial charge is 0.153 e. The first kappa shape index (κ1) is 14.5. The summed E-state index contributed by atoms with van der Waals surface area (Å²) in [4.78, 5) is 11.9. The van der Waals surface area contributed by atoms with Crippen molar-refractivity contribution >= 4 is 46.3 Å². The van der Waals surface area contributed by atoms with E-state index in [1.807, 2.05) is 0 Å². The first-order chi connectivity index (χ1) is 8.49. The van der Waals surface area contributed by atoms with Crippen LogP contribution < -0.4 is 11.5 Å². The van der Waals surface area contributed by atoms with Crippen molar-refractivity contribution < 1.29 is 0 Å². The third-order valence-corrected chi connectivity index (χ3v) is 2.84. The molecule has 1 aromatic carbocycles. The van der Waals surface area contributed by atoms with Gasteiger partial charge in [0.2, 0.25) is 0 Å². The maximum absolute atomic E-state index is 5.88.